The summed E-state index contributed by atoms with van der Waals surface area (Å²) in [5.74, 6) is 1.63. The van der Waals surface area contributed by atoms with Gasteiger partial charge < -0.3 is 15.2 Å². The lowest BCUT2D eigenvalue weighted by Gasteiger charge is -2.33. The number of hydrogen-bond acceptors (Lipinski definition) is 3. The van der Waals surface area contributed by atoms with Crippen LogP contribution < -0.4 is 15.2 Å². The summed E-state index contributed by atoms with van der Waals surface area (Å²) in [4.78, 5) is 0. The van der Waals surface area contributed by atoms with E-state index in [1.807, 2.05) is 6.92 Å². The van der Waals surface area contributed by atoms with E-state index in [-0.39, 0.29) is 5.41 Å². The summed E-state index contributed by atoms with van der Waals surface area (Å²) >= 11 is 6.41. The second-order valence-corrected chi connectivity index (χ2v) is 6.08. The minimum atomic E-state index is -0.00193. The Balaban J connectivity index is 2.76. The molecule has 0 amide bonds. The predicted octanol–water partition coefficient (Wildman–Crippen LogP) is 3.74. The van der Waals surface area contributed by atoms with Crippen LogP contribution in [0.15, 0.2) is 0 Å². The van der Waals surface area contributed by atoms with Crippen molar-refractivity contribution < 1.29 is 9.47 Å². The van der Waals surface area contributed by atoms with Crippen molar-refractivity contribution in [1.82, 2.24) is 0 Å². The second-order valence-electron chi connectivity index (χ2n) is 5.70. The molecule has 0 bridgehead atoms. The summed E-state index contributed by atoms with van der Waals surface area (Å²) in [6, 6.07) is 0. The highest BCUT2D eigenvalue weighted by Crippen LogP contribution is 2.51. The van der Waals surface area contributed by atoms with E-state index in [4.69, 9.17) is 26.8 Å². The third kappa shape index (κ3) is 2.17. The quantitative estimate of drug-likeness (QED) is 0.920. The van der Waals surface area contributed by atoms with Crippen LogP contribution in [0.25, 0.3) is 0 Å². The fraction of sp³-hybridized carbons (Fsp3) is 0.625. The van der Waals surface area contributed by atoms with Crippen LogP contribution in [0.2, 0.25) is 5.02 Å². The molecule has 0 radical (unpaired) electrons. The fourth-order valence-corrected chi connectivity index (χ4v) is 3.96. The number of benzene rings is 1. The maximum Gasteiger partial charge on any atom is 0.141 e. The molecular weight excluding hydrogens is 274 g/mol. The molecule has 1 aliphatic carbocycles. The smallest absolute Gasteiger partial charge is 0.141 e. The monoisotopic (exact) mass is 297 g/mol. The predicted molar refractivity (Wildman–Crippen MR) is 83.2 cm³/mol. The molecule has 1 aliphatic rings. The van der Waals surface area contributed by atoms with Gasteiger partial charge in [-0.1, -0.05) is 24.4 Å². The van der Waals surface area contributed by atoms with Gasteiger partial charge in [0.1, 0.15) is 11.5 Å². The van der Waals surface area contributed by atoms with E-state index in [0.29, 0.717) is 11.6 Å². The van der Waals surface area contributed by atoms with Crippen molar-refractivity contribution in [1.29, 1.82) is 0 Å². The zero-order chi connectivity index (χ0) is 14.9. The van der Waals surface area contributed by atoms with Crippen molar-refractivity contribution in [2.75, 3.05) is 20.8 Å². The summed E-state index contributed by atoms with van der Waals surface area (Å²) in [7, 11) is 3.36. The standard InChI is InChI=1S/C16H24ClNO2/c1-10-12(16(9-18)7-5-6-8-16)14(19-3)11(2)13(17)15(10)20-4/h5-9,18H2,1-4H3. The van der Waals surface area contributed by atoms with Crippen LogP contribution in [0.1, 0.15) is 42.4 Å². The molecule has 1 aromatic rings. The van der Waals surface area contributed by atoms with Gasteiger partial charge in [-0.25, -0.2) is 0 Å². The number of nitrogens with two attached hydrogens (primary N) is 1. The second kappa shape index (κ2) is 5.82. The minimum absolute atomic E-state index is 0.00193. The molecule has 4 heteroatoms. The van der Waals surface area contributed by atoms with Crippen LogP contribution in [-0.4, -0.2) is 20.8 Å². The molecule has 1 fully saturated rings. The molecule has 0 saturated heterocycles. The Bertz CT molecular complexity index is 508. The van der Waals surface area contributed by atoms with Crippen LogP contribution in [0.3, 0.4) is 0 Å². The highest BCUT2D eigenvalue weighted by atomic mass is 35.5. The van der Waals surface area contributed by atoms with Crippen molar-refractivity contribution in [3.63, 3.8) is 0 Å². The van der Waals surface area contributed by atoms with Crippen molar-refractivity contribution in [3.05, 3.63) is 21.7 Å². The third-order valence-electron chi connectivity index (χ3n) is 4.70. The van der Waals surface area contributed by atoms with E-state index >= 15 is 0 Å². The molecule has 0 heterocycles. The summed E-state index contributed by atoms with van der Waals surface area (Å²) in [5.41, 5.74) is 9.33. The van der Waals surface area contributed by atoms with Crippen LogP contribution in [-0.2, 0) is 5.41 Å². The zero-order valence-corrected chi connectivity index (χ0v) is 13.6. The minimum Gasteiger partial charge on any atom is -0.496 e. The van der Waals surface area contributed by atoms with E-state index in [0.717, 1.165) is 35.5 Å². The molecule has 0 spiro atoms. The van der Waals surface area contributed by atoms with Gasteiger partial charge in [-0.05, 0) is 26.7 Å². The number of rotatable bonds is 4. The normalized spacial score (nSPS) is 17.3. The van der Waals surface area contributed by atoms with Gasteiger partial charge in [-0.2, -0.15) is 0 Å². The number of ether oxygens (including phenoxy) is 2. The largest absolute Gasteiger partial charge is 0.496 e. The molecule has 20 heavy (non-hydrogen) atoms. The molecule has 0 atom stereocenters. The molecule has 2 N–H and O–H groups in total. The molecule has 1 aromatic carbocycles. The Morgan fingerprint density at radius 2 is 1.60 bits per heavy atom. The molecular formula is C16H24ClNO2. The fourth-order valence-electron chi connectivity index (χ4n) is 3.65. The van der Waals surface area contributed by atoms with Crippen molar-refractivity contribution in [2.45, 2.75) is 44.9 Å². The van der Waals surface area contributed by atoms with E-state index < -0.39 is 0 Å². The van der Waals surface area contributed by atoms with Gasteiger partial charge in [0.2, 0.25) is 0 Å². The zero-order valence-electron chi connectivity index (χ0n) is 12.8. The van der Waals surface area contributed by atoms with E-state index in [9.17, 15) is 0 Å². The lowest BCUT2D eigenvalue weighted by molar-refractivity contribution is 0.365. The van der Waals surface area contributed by atoms with Gasteiger partial charge >= 0.3 is 0 Å². The van der Waals surface area contributed by atoms with Crippen LogP contribution >= 0.6 is 11.6 Å². The van der Waals surface area contributed by atoms with Crippen molar-refractivity contribution in [2.24, 2.45) is 5.73 Å². The van der Waals surface area contributed by atoms with Crippen molar-refractivity contribution in [3.8, 4) is 11.5 Å². The van der Waals surface area contributed by atoms with E-state index in [1.165, 1.54) is 18.4 Å². The number of methoxy groups -OCH3 is 2. The number of hydrogen-bond donors (Lipinski definition) is 1. The maximum atomic E-state index is 6.41. The Kier molecular flexibility index (Phi) is 4.50. The van der Waals surface area contributed by atoms with E-state index in [1.54, 1.807) is 14.2 Å². The van der Waals surface area contributed by atoms with E-state index in [2.05, 4.69) is 6.92 Å². The Labute approximate surface area is 126 Å². The molecule has 3 nitrogen and oxygen atoms in total. The Morgan fingerprint density at radius 3 is 2.05 bits per heavy atom. The summed E-state index contributed by atoms with van der Waals surface area (Å²) in [6.45, 7) is 4.66. The van der Waals surface area contributed by atoms with Gasteiger partial charge in [0.25, 0.3) is 0 Å². The number of halogens is 1. The Morgan fingerprint density at radius 1 is 1.05 bits per heavy atom. The molecule has 0 aliphatic heterocycles. The van der Waals surface area contributed by atoms with Crippen LogP contribution in [0, 0.1) is 13.8 Å². The summed E-state index contributed by atoms with van der Waals surface area (Å²) in [5, 5.41) is 0.635. The van der Waals surface area contributed by atoms with Gasteiger partial charge in [-0.3, -0.25) is 0 Å². The van der Waals surface area contributed by atoms with Gasteiger partial charge in [0.15, 0.2) is 0 Å². The van der Waals surface area contributed by atoms with Gasteiger partial charge in [-0.15, -0.1) is 0 Å². The average molecular weight is 298 g/mol. The first-order chi connectivity index (χ1) is 9.52. The molecule has 0 aromatic heterocycles. The summed E-state index contributed by atoms with van der Waals surface area (Å²) in [6.07, 6.45) is 4.63. The SMILES string of the molecule is COc1c(C)c(C2(CN)CCCC2)c(OC)c(C)c1Cl. The van der Waals surface area contributed by atoms with Gasteiger partial charge in [0, 0.05) is 28.7 Å². The summed E-state index contributed by atoms with van der Waals surface area (Å²) < 4.78 is 11.2. The topological polar surface area (TPSA) is 44.5 Å². The first kappa shape index (κ1) is 15.5. The molecule has 0 unspecified atom stereocenters. The van der Waals surface area contributed by atoms with Crippen molar-refractivity contribution >= 4 is 11.6 Å². The molecule has 1 saturated carbocycles. The average Bonchev–Trinajstić information content (AvgIpc) is 2.93. The van der Waals surface area contributed by atoms with Crippen LogP contribution in [0.5, 0.6) is 11.5 Å². The first-order valence-corrected chi connectivity index (χ1v) is 7.51. The molecule has 2 rings (SSSR count). The first-order valence-electron chi connectivity index (χ1n) is 7.13. The third-order valence-corrected chi connectivity index (χ3v) is 5.16. The molecule has 112 valence electrons. The van der Waals surface area contributed by atoms with Crippen LogP contribution in [0.4, 0.5) is 0 Å². The Hall–Kier alpha value is -0.930. The maximum absolute atomic E-state index is 6.41. The highest BCUT2D eigenvalue weighted by Gasteiger charge is 2.39. The highest BCUT2D eigenvalue weighted by molar-refractivity contribution is 6.33. The lowest BCUT2D eigenvalue weighted by Crippen LogP contribution is -2.33. The lowest BCUT2D eigenvalue weighted by atomic mass is 9.75. The van der Waals surface area contributed by atoms with Gasteiger partial charge in [0.05, 0.1) is 19.2 Å².